The molecule has 1 aliphatic carbocycles. The van der Waals surface area contributed by atoms with Gasteiger partial charge in [-0.2, -0.15) is 0 Å². The summed E-state index contributed by atoms with van der Waals surface area (Å²) in [7, 11) is 0. The number of hydrogen-bond acceptors (Lipinski definition) is 3. The number of carbonyl (C=O) groups is 1. The van der Waals surface area contributed by atoms with Gasteiger partial charge in [0.25, 0.3) is 0 Å². The first-order valence-corrected chi connectivity index (χ1v) is 9.20. The maximum absolute atomic E-state index is 12.7. The molecule has 4 heteroatoms. The number of aromatic nitrogens is 1. The van der Waals surface area contributed by atoms with Gasteiger partial charge in [-0.3, -0.25) is 9.88 Å². The van der Waals surface area contributed by atoms with Crippen LogP contribution < -0.4 is 0 Å². The number of fused-ring (bicyclic) bond motifs is 3. The fourth-order valence-electron chi connectivity index (χ4n) is 3.69. The largest absolute Gasteiger partial charge is 0.448 e. The second-order valence-electron chi connectivity index (χ2n) is 6.73. The van der Waals surface area contributed by atoms with Gasteiger partial charge in [-0.05, 0) is 33.9 Å². The highest BCUT2D eigenvalue weighted by atomic mass is 16.6. The summed E-state index contributed by atoms with van der Waals surface area (Å²) in [5.74, 6) is 2.56. The summed E-state index contributed by atoms with van der Waals surface area (Å²) in [5.41, 5.74) is 5.69. The maximum Gasteiger partial charge on any atom is 0.410 e. The Labute approximate surface area is 164 Å². The topological polar surface area (TPSA) is 42.4 Å². The molecule has 1 aromatic heterocycles. The first kappa shape index (κ1) is 17.8. The highest BCUT2D eigenvalue weighted by molar-refractivity contribution is 5.79. The molecule has 0 aliphatic heterocycles. The lowest BCUT2D eigenvalue weighted by atomic mass is 9.98. The van der Waals surface area contributed by atoms with Crippen LogP contribution in [0, 0.1) is 12.3 Å². The van der Waals surface area contributed by atoms with Crippen LogP contribution in [0.3, 0.4) is 0 Å². The smallest absolute Gasteiger partial charge is 0.410 e. The van der Waals surface area contributed by atoms with Crippen LogP contribution in [0.4, 0.5) is 4.79 Å². The van der Waals surface area contributed by atoms with Crippen LogP contribution in [-0.2, 0) is 11.3 Å². The van der Waals surface area contributed by atoms with Crippen LogP contribution in [0.15, 0.2) is 73.1 Å². The van der Waals surface area contributed by atoms with Gasteiger partial charge in [0, 0.05) is 18.3 Å². The van der Waals surface area contributed by atoms with Crippen molar-refractivity contribution < 1.29 is 9.53 Å². The predicted molar refractivity (Wildman–Crippen MR) is 109 cm³/mol. The van der Waals surface area contributed by atoms with Gasteiger partial charge in [0.05, 0.1) is 13.1 Å². The SMILES string of the molecule is C#CCN(Cc1cccnc1)C(=O)OCC1c2ccccc2-c2ccccc21. The Hall–Kier alpha value is -3.58. The van der Waals surface area contributed by atoms with Crippen LogP contribution >= 0.6 is 0 Å². The lowest BCUT2D eigenvalue weighted by molar-refractivity contribution is 0.102. The Morgan fingerprint density at radius 2 is 1.71 bits per heavy atom. The quantitative estimate of drug-likeness (QED) is 0.624. The summed E-state index contributed by atoms with van der Waals surface area (Å²) >= 11 is 0. The van der Waals surface area contributed by atoms with E-state index in [-0.39, 0.29) is 19.1 Å². The molecule has 0 spiro atoms. The molecule has 0 radical (unpaired) electrons. The molecule has 1 amide bonds. The van der Waals surface area contributed by atoms with E-state index in [0.717, 1.165) is 5.56 Å². The number of carbonyl (C=O) groups excluding carboxylic acids is 1. The summed E-state index contributed by atoms with van der Waals surface area (Å²) in [6, 6.07) is 20.3. The first-order valence-electron chi connectivity index (χ1n) is 9.20. The molecule has 28 heavy (non-hydrogen) atoms. The molecule has 1 heterocycles. The summed E-state index contributed by atoms with van der Waals surface area (Å²) in [6.07, 6.45) is 8.46. The van der Waals surface area contributed by atoms with E-state index in [4.69, 9.17) is 11.2 Å². The molecule has 4 nitrogen and oxygen atoms in total. The molecule has 1 aliphatic rings. The van der Waals surface area contributed by atoms with E-state index in [0.29, 0.717) is 6.54 Å². The Morgan fingerprint density at radius 3 is 2.32 bits per heavy atom. The van der Waals surface area contributed by atoms with E-state index in [2.05, 4.69) is 35.2 Å². The average Bonchev–Trinajstić information content (AvgIpc) is 3.06. The Bertz CT molecular complexity index is 979. The zero-order valence-electron chi connectivity index (χ0n) is 15.4. The second kappa shape index (κ2) is 7.98. The zero-order chi connectivity index (χ0) is 19.3. The number of hydrogen-bond donors (Lipinski definition) is 0. The Balaban J connectivity index is 1.50. The van der Waals surface area contributed by atoms with E-state index in [1.54, 1.807) is 12.4 Å². The van der Waals surface area contributed by atoms with Crippen molar-refractivity contribution in [2.75, 3.05) is 13.2 Å². The van der Waals surface area contributed by atoms with Gasteiger partial charge in [-0.15, -0.1) is 6.42 Å². The second-order valence-corrected chi connectivity index (χ2v) is 6.73. The van der Waals surface area contributed by atoms with Crippen LogP contribution in [0.5, 0.6) is 0 Å². The van der Waals surface area contributed by atoms with E-state index in [1.165, 1.54) is 27.2 Å². The Kier molecular flexibility index (Phi) is 5.07. The van der Waals surface area contributed by atoms with Gasteiger partial charge >= 0.3 is 6.09 Å². The van der Waals surface area contributed by atoms with Gasteiger partial charge in [0.2, 0.25) is 0 Å². The fourth-order valence-corrected chi connectivity index (χ4v) is 3.69. The number of pyridine rings is 1. The molecule has 2 aromatic carbocycles. The van der Waals surface area contributed by atoms with Crippen LogP contribution in [-0.4, -0.2) is 29.1 Å². The van der Waals surface area contributed by atoms with Crippen molar-refractivity contribution in [2.45, 2.75) is 12.5 Å². The number of nitrogens with zero attached hydrogens (tertiary/aromatic N) is 2. The molecule has 0 saturated carbocycles. The van der Waals surface area contributed by atoms with Crippen molar-refractivity contribution in [1.82, 2.24) is 9.88 Å². The van der Waals surface area contributed by atoms with E-state index < -0.39 is 6.09 Å². The molecular weight excluding hydrogens is 348 g/mol. The predicted octanol–water partition coefficient (Wildman–Crippen LogP) is 4.47. The minimum absolute atomic E-state index is 0.0300. The van der Waals surface area contributed by atoms with E-state index in [1.807, 2.05) is 36.4 Å². The monoisotopic (exact) mass is 368 g/mol. The van der Waals surface area contributed by atoms with Gasteiger partial charge in [-0.1, -0.05) is 60.5 Å². The van der Waals surface area contributed by atoms with Gasteiger partial charge in [-0.25, -0.2) is 4.79 Å². The maximum atomic E-state index is 12.7. The normalized spacial score (nSPS) is 12.0. The minimum Gasteiger partial charge on any atom is -0.448 e. The van der Waals surface area contributed by atoms with Crippen LogP contribution in [0.25, 0.3) is 11.1 Å². The molecule has 0 N–H and O–H groups in total. The summed E-state index contributed by atoms with van der Waals surface area (Å²) < 4.78 is 5.70. The first-order chi connectivity index (χ1) is 13.8. The molecule has 0 atom stereocenters. The summed E-state index contributed by atoms with van der Waals surface area (Å²) in [6.45, 7) is 0.835. The third kappa shape index (κ3) is 3.47. The highest BCUT2D eigenvalue weighted by Gasteiger charge is 2.29. The van der Waals surface area contributed by atoms with E-state index >= 15 is 0 Å². The summed E-state index contributed by atoms with van der Waals surface area (Å²) in [4.78, 5) is 18.3. The molecule has 0 unspecified atom stereocenters. The summed E-state index contributed by atoms with van der Waals surface area (Å²) in [5, 5.41) is 0. The fraction of sp³-hybridized carbons (Fsp3) is 0.167. The lowest BCUT2D eigenvalue weighted by Crippen LogP contribution is -2.32. The number of terminal acetylenes is 1. The lowest BCUT2D eigenvalue weighted by Gasteiger charge is -2.21. The molecule has 3 aromatic rings. The van der Waals surface area contributed by atoms with E-state index in [9.17, 15) is 4.79 Å². The Morgan fingerprint density at radius 1 is 1.04 bits per heavy atom. The average molecular weight is 368 g/mol. The number of rotatable bonds is 5. The zero-order valence-corrected chi connectivity index (χ0v) is 15.4. The van der Waals surface area contributed by atoms with Gasteiger partial charge in [0.1, 0.15) is 6.61 Å². The van der Waals surface area contributed by atoms with Crippen LogP contribution in [0.1, 0.15) is 22.6 Å². The van der Waals surface area contributed by atoms with Gasteiger partial charge < -0.3 is 4.74 Å². The number of ether oxygens (including phenoxy) is 1. The van der Waals surface area contributed by atoms with Crippen molar-refractivity contribution in [3.8, 4) is 23.5 Å². The number of amides is 1. The molecular formula is C24H20N2O2. The van der Waals surface area contributed by atoms with Crippen molar-refractivity contribution in [3.63, 3.8) is 0 Å². The van der Waals surface area contributed by atoms with Crippen molar-refractivity contribution in [3.05, 3.63) is 89.7 Å². The van der Waals surface area contributed by atoms with Crippen molar-refractivity contribution >= 4 is 6.09 Å². The van der Waals surface area contributed by atoms with Crippen molar-refractivity contribution in [2.24, 2.45) is 0 Å². The third-order valence-corrected chi connectivity index (χ3v) is 4.97. The van der Waals surface area contributed by atoms with Gasteiger partial charge in [0.15, 0.2) is 0 Å². The van der Waals surface area contributed by atoms with Crippen LogP contribution in [0.2, 0.25) is 0 Å². The van der Waals surface area contributed by atoms with Crippen molar-refractivity contribution in [1.29, 1.82) is 0 Å². The molecule has 0 saturated heterocycles. The third-order valence-electron chi connectivity index (χ3n) is 4.97. The highest BCUT2D eigenvalue weighted by Crippen LogP contribution is 2.44. The molecule has 0 fully saturated rings. The molecule has 0 bridgehead atoms. The molecule has 138 valence electrons. The minimum atomic E-state index is -0.413. The molecule has 4 rings (SSSR count). The number of benzene rings is 2. The standard InChI is InChI=1S/C24H20N2O2/c1-2-14-26(16-18-8-7-13-25-15-18)24(27)28-17-23-21-11-5-3-9-19(21)20-10-4-6-12-22(20)23/h1,3-13,15,23H,14,16-17H2.